The van der Waals surface area contributed by atoms with Crippen molar-refractivity contribution in [2.24, 2.45) is 0 Å². The van der Waals surface area contributed by atoms with Crippen molar-refractivity contribution in [1.82, 2.24) is 4.98 Å². The number of halogens is 2. The van der Waals surface area contributed by atoms with Crippen LogP contribution in [0.4, 0.5) is 10.2 Å². The second-order valence-electron chi connectivity index (χ2n) is 3.71. The number of methoxy groups -OCH3 is 2. The van der Waals surface area contributed by atoms with Crippen LogP contribution in [0.2, 0.25) is 0 Å². The molecule has 4 nitrogen and oxygen atoms in total. The number of rotatable bonds is 8. The van der Waals surface area contributed by atoms with Crippen molar-refractivity contribution in [1.29, 1.82) is 0 Å². The number of ether oxygens (including phenoxy) is 2. The molecule has 0 aliphatic heterocycles. The van der Waals surface area contributed by atoms with Gasteiger partial charge in [-0.15, -0.1) is 11.6 Å². The normalized spacial score (nSPS) is 10.7. The predicted octanol–water partition coefficient (Wildman–Crippen LogP) is 2.06. The molecule has 0 aliphatic rings. The number of anilines is 1. The van der Waals surface area contributed by atoms with Gasteiger partial charge in [0.2, 0.25) is 0 Å². The van der Waals surface area contributed by atoms with Gasteiger partial charge in [0.05, 0.1) is 19.1 Å². The van der Waals surface area contributed by atoms with Crippen molar-refractivity contribution in [3.8, 4) is 0 Å². The molecular weight excluding hydrogens is 259 g/mol. The van der Waals surface area contributed by atoms with Crippen molar-refractivity contribution >= 4 is 17.4 Å². The minimum atomic E-state index is -0.375. The van der Waals surface area contributed by atoms with Crippen LogP contribution in [-0.2, 0) is 15.4 Å². The summed E-state index contributed by atoms with van der Waals surface area (Å²) in [6.07, 6.45) is 1.56. The molecule has 102 valence electrons. The molecule has 1 aromatic rings. The van der Waals surface area contributed by atoms with Crippen molar-refractivity contribution in [2.75, 3.05) is 45.4 Å². The lowest BCUT2D eigenvalue weighted by atomic mass is 10.2. The van der Waals surface area contributed by atoms with Gasteiger partial charge < -0.3 is 14.4 Å². The van der Waals surface area contributed by atoms with Crippen LogP contribution in [0.1, 0.15) is 5.56 Å². The van der Waals surface area contributed by atoms with Crippen LogP contribution in [0, 0.1) is 5.82 Å². The smallest absolute Gasteiger partial charge is 0.170 e. The zero-order chi connectivity index (χ0) is 13.4. The Morgan fingerprint density at radius 3 is 2.39 bits per heavy atom. The molecule has 0 bridgehead atoms. The van der Waals surface area contributed by atoms with Crippen molar-refractivity contribution in [2.45, 2.75) is 5.88 Å². The number of aromatic nitrogens is 1. The third-order valence-corrected chi connectivity index (χ3v) is 2.81. The first-order valence-corrected chi connectivity index (χ1v) is 6.20. The van der Waals surface area contributed by atoms with Gasteiger partial charge in [0.1, 0.15) is 0 Å². The monoisotopic (exact) mass is 276 g/mol. The van der Waals surface area contributed by atoms with Gasteiger partial charge in [-0.2, -0.15) is 0 Å². The van der Waals surface area contributed by atoms with Gasteiger partial charge >= 0.3 is 0 Å². The molecule has 1 rings (SSSR count). The molecule has 0 saturated heterocycles. The average Bonchev–Trinajstić information content (AvgIpc) is 2.40. The van der Waals surface area contributed by atoms with Crippen LogP contribution < -0.4 is 4.90 Å². The fraction of sp³-hybridized carbons (Fsp3) is 0.583. The summed E-state index contributed by atoms with van der Waals surface area (Å²) < 4.78 is 24.1. The highest BCUT2D eigenvalue weighted by Crippen LogP contribution is 2.20. The molecule has 0 saturated carbocycles. The second kappa shape index (κ2) is 8.24. The summed E-state index contributed by atoms with van der Waals surface area (Å²) in [7, 11) is 3.21. The van der Waals surface area contributed by atoms with Crippen LogP contribution in [0.5, 0.6) is 0 Å². The van der Waals surface area contributed by atoms with Crippen molar-refractivity contribution in [3.63, 3.8) is 0 Å². The van der Waals surface area contributed by atoms with Gasteiger partial charge in [-0.05, 0) is 6.07 Å². The first-order valence-electron chi connectivity index (χ1n) is 5.66. The Morgan fingerprint density at radius 2 is 1.89 bits per heavy atom. The summed E-state index contributed by atoms with van der Waals surface area (Å²) >= 11 is 5.68. The maximum Gasteiger partial charge on any atom is 0.170 e. The minimum Gasteiger partial charge on any atom is -0.383 e. The van der Waals surface area contributed by atoms with Crippen LogP contribution >= 0.6 is 11.6 Å². The number of alkyl halides is 1. The molecule has 0 atom stereocenters. The highest BCUT2D eigenvalue weighted by atomic mass is 35.5. The van der Waals surface area contributed by atoms with Gasteiger partial charge in [0.25, 0.3) is 0 Å². The molecule has 1 heterocycles. The summed E-state index contributed by atoms with van der Waals surface area (Å²) in [6, 6.07) is 1.58. The van der Waals surface area contributed by atoms with E-state index in [0.29, 0.717) is 37.7 Å². The van der Waals surface area contributed by atoms with Gasteiger partial charge in [-0.25, -0.2) is 9.37 Å². The lowest BCUT2D eigenvalue weighted by Crippen LogP contribution is -2.32. The van der Waals surface area contributed by atoms with Gasteiger partial charge in [0.15, 0.2) is 11.6 Å². The number of hydrogen-bond acceptors (Lipinski definition) is 4. The maximum absolute atomic E-state index is 14.1. The van der Waals surface area contributed by atoms with Crippen LogP contribution in [0.25, 0.3) is 0 Å². The molecular formula is C12H18ClFN2O2. The highest BCUT2D eigenvalue weighted by Gasteiger charge is 2.15. The quantitative estimate of drug-likeness (QED) is 0.681. The van der Waals surface area contributed by atoms with Gasteiger partial charge in [-0.1, -0.05) is 0 Å². The third kappa shape index (κ3) is 4.08. The van der Waals surface area contributed by atoms with E-state index in [2.05, 4.69) is 4.98 Å². The maximum atomic E-state index is 14.1. The Bertz CT molecular complexity index is 358. The van der Waals surface area contributed by atoms with E-state index >= 15 is 0 Å². The molecule has 0 spiro atoms. The highest BCUT2D eigenvalue weighted by molar-refractivity contribution is 6.17. The molecule has 6 heteroatoms. The summed E-state index contributed by atoms with van der Waals surface area (Å²) in [5, 5.41) is 0. The van der Waals surface area contributed by atoms with Gasteiger partial charge in [-0.3, -0.25) is 0 Å². The third-order valence-electron chi connectivity index (χ3n) is 2.52. The number of nitrogens with zero attached hydrogens (tertiary/aromatic N) is 2. The zero-order valence-electron chi connectivity index (χ0n) is 10.7. The molecule has 1 aromatic heterocycles. The summed E-state index contributed by atoms with van der Waals surface area (Å²) in [4.78, 5) is 5.86. The standard InChI is InChI=1S/C12H18ClFN2O2/c1-17-7-5-16(6-8-18-2)12-11(14)10(9-13)3-4-15-12/h3-4H,5-9H2,1-2H3. The fourth-order valence-electron chi connectivity index (χ4n) is 1.52. The SMILES string of the molecule is COCCN(CCOC)c1nccc(CCl)c1F. The van der Waals surface area contributed by atoms with E-state index in [1.165, 1.54) is 0 Å². The number of hydrogen-bond donors (Lipinski definition) is 0. The first kappa shape index (κ1) is 15.1. The van der Waals surface area contributed by atoms with Gasteiger partial charge in [0, 0.05) is 39.1 Å². The molecule has 0 radical (unpaired) electrons. The Labute approximate surface area is 112 Å². The molecule has 0 N–H and O–H groups in total. The number of pyridine rings is 1. The second-order valence-corrected chi connectivity index (χ2v) is 3.98. The molecule has 18 heavy (non-hydrogen) atoms. The summed E-state index contributed by atoms with van der Waals surface area (Å²) in [5.41, 5.74) is 0.446. The molecule has 0 aliphatic carbocycles. The van der Waals surface area contributed by atoms with Crippen LogP contribution in [0.15, 0.2) is 12.3 Å². The first-order chi connectivity index (χ1) is 8.74. The van der Waals surface area contributed by atoms with Crippen molar-refractivity contribution in [3.05, 3.63) is 23.6 Å². The summed E-state index contributed by atoms with van der Waals surface area (Å²) in [6.45, 7) is 2.09. The molecule has 0 amide bonds. The fourth-order valence-corrected chi connectivity index (χ4v) is 1.73. The van der Waals surface area contributed by atoms with E-state index < -0.39 is 0 Å². The van der Waals surface area contributed by atoms with E-state index in [-0.39, 0.29) is 11.7 Å². The predicted molar refractivity (Wildman–Crippen MR) is 69.7 cm³/mol. The topological polar surface area (TPSA) is 34.6 Å². The lowest BCUT2D eigenvalue weighted by molar-refractivity contribution is 0.189. The van der Waals surface area contributed by atoms with Crippen molar-refractivity contribution < 1.29 is 13.9 Å². The average molecular weight is 277 g/mol. The summed E-state index contributed by atoms with van der Waals surface area (Å²) in [5.74, 6) is 0.0472. The van der Waals surface area contributed by atoms with E-state index in [9.17, 15) is 4.39 Å². The van der Waals surface area contributed by atoms with E-state index in [4.69, 9.17) is 21.1 Å². The Balaban J connectivity index is 2.88. The van der Waals surface area contributed by atoms with E-state index in [0.717, 1.165) is 0 Å². The van der Waals surface area contributed by atoms with Crippen LogP contribution in [0.3, 0.4) is 0 Å². The zero-order valence-corrected chi connectivity index (χ0v) is 11.4. The Kier molecular flexibility index (Phi) is 6.93. The largest absolute Gasteiger partial charge is 0.383 e. The Morgan fingerprint density at radius 1 is 1.28 bits per heavy atom. The lowest BCUT2D eigenvalue weighted by Gasteiger charge is -2.24. The molecule has 0 fully saturated rings. The van der Waals surface area contributed by atoms with Crippen LogP contribution in [-0.4, -0.2) is 45.5 Å². The van der Waals surface area contributed by atoms with E-state index in [1.807, 2.05) is 0 Å². The molecule has 0 unspecified atom stereocenters. The Hall–Kier alpha value is -0.910. The van der Waals surface area contributed by atoms with E-state index in [1.54, 1.807) is 31.4 Å². The molecule has 0 aromatic carbocycles. The minimum absolute atomic E-state index is 0.129.